The third-order valence-corrected chi connectivity index (χ3v) is 5.19. The molecule has 0 amide bonds. The molecule has 2 aromatic rings. The van der Waals surface area contributed by atoms with Gasteiger partial charge >= 0.3 is 0 Å². The molecule has 0 fully saturated rings. The molecule has 0 bridgehead atoms. The van der Waals surface area contributed by atoms with Crippen LogP contribution < -0.4 is 5.32 Å². The molecule has 4 heteroatoms. The summed E-state index contributed by atoms with van der Waals surface area (Å²) in [5.41, 5.74) is 6.69. The minimum absolute atomic E-state index is 0.822. The quantitative estimate of drug-likeness (QED) is 0.492. The van der Waals surface area contributed by atoms with E-state index in [0.717, 1.165) is 48.5 Å². The lowest BCUT2D eigenvalue weighted by molar-refractivity contribution is 0.484. The predicted molar refractivity (Wildman–Crippen MR) is 132 cm³/mol. The normalized spacial score (nSPS) is 13.8. The number of hydrogen-bond acceptors (Lipinski definition) is 3. The lowest BCUT2D eigenvalue weighted by Crippen LogP contribution is -2.20. The summed E-state index contributed by atoms with van der Waals surface area (Å²) >= 11 is 0. The fourth-order valence-corrected chi connectivity index (χ4v) is 3.52. The molecule has 4 nitrogen and oxygen atoms in total. The molecule has 1 aliphatic rings. The molecule has 31 heavy (non-hydrogen) atoms. The maximum atomic E-state index is 4.47. The first-order valence-electron chi connectivity index (χ1n) is 10.8. The zero-order chi connectivity index (χ0) is 22.1. The summed E-state index contributed by atoms with van der Waals surface area (Å²) < 4.78 is 1.93. The monoisotopic (exact) mass is 412 g/mol. The van der Waals surface area contributed by atoms with E-state index < -0.39 is 0 Å². The van der Waals surface area contributed by atoms with Crippen LogP contribution in [0.4, 0.5) is 0 Å². The highest BCUT2D eigenvalue weighted by Crippen LogP contribution is 2.32. The number of nitrogens with zero attached hydrogens (tertiary/aromatic N) is 3. The molecule has 1 aromatic heterocycles. The van der Waals surface area contributed by atoms with E-state index in [2.05, 4.69) is 77.9 Å². The van der Waals surface area contributed by atoms with Crippen molar-refractivity contribution < 1.29 is 0 Å². The molecule has 3 rings (SSSR count). The van der Waals surface area contributed by atoms with E-state index in [1.807, 2.05) is 48.5 Å². The predicted octanol–water partition coefficient (Wildman–Crippen LogP) is 5.92. The number of allylic oxidation sites excluding steroid dienone is 6. The van der Waals surface area contributed by atoms with E-state index in [1.54, 1.807) is 0 Å². The third-order valence-electron chi connectivity index (χ3n) is 5.19. The Morgan fingerprint density at radius 2 is 2.06 bits per heavy atom. The van der Waals surface area contributed by atoms with Gasteiger partial charge in [0.25, 0.3) is 0 Å². The molecule has 0 radical (unpaired) electrons. The number of aryl methyl sites for hydroxylation is 1. The molecule has 160 valence electrons. The lowest BCUT2D eigenvalue weighted by Gasteiger charge is -2.17. The van der Waals surface area contributed by atoms with Crippen LogP contribution in [0.2, 0.25) is 0 Å². The van der Waals surface area contributed by atoms with Crippen LogP contribution in [-0.4, -0.2) is 27.8 Å². The second-order valence-electron chi connectivity index (χ2n) is 7.52. The average Bonchev–Trinajstić information content (AvgIpc) is 3.22. The highest BCUT2D eigenvalue weighted by Gasteiger charge is 2.15. The summed E-state index contributed by atoms with van der Waals surface area (Å²) in [4.78, 5) is 2.09. The summed E-state index contributed by atoms with van der Waals surface area (Å²) in [6.45, 7) is 14.1. The van der Waals surface area contributed by atoms with Crippen molar-refractivity contribution in [2.24, 2.45) is 0 Å². The maximum absolute atomic E-state index is 4.47. The Morgan fingerprint density at radius 1 is 1.26 bits per heavy atom. The smallest absolute Gasteiger partial charge is 0.0687 e. The second-order valence-corrected chi connectivity index (χ2v) is 7.52. The van der Waals surface area contributed by atoms with Crippen molar-refractivity contribution in [3.05, 3.63) is 115 Å². The van der Waals surface area contributed by atoms with E-state index >= 15 is 0 Å². The van der Waals surface area contributed by atoms with Gasteiger partial charge in [0.2, 0.25) is 0 Å². The molecule has 0 saturated carbocycles. The molecule has 1 heterocycles. The van der Waals surface area contributed by atoms with Gasteiger partial charge in [-0.25, -0.2) is 4.68 Å². The van der Waals surface area contributed by atoms with Crippen LogP contribution in [0.5, 0.6) is 0 Å². The van der Waals surface area contributed by atoms with E-state index in [4.69, 9.17) is 0 Å². The standard InChI is InChI=1S/C27H32N4/c1-5-18-30(6-2)19-8-16-28-23(4)25-10-7-11-27(31-20-9-17-29-31)26(21-25)24-14-12-22(3)13-15-24/h5-6,9-15,17-18,20-21,28H,2,4,7-8,16,19H2,1,3H3/b18-5-. The zero-order valence-electron chi connectivity index (χ0n) is 18.6. The highest BCUT2D eigenvalue weighted by molar-refractivity contribution is 5.99. The second kappa shape index (κ2) is 11.0. The molecule has 0 aliphatic heterocycles. The van der Waals surface area contributed by atoms with Crippen LogP contribution >= 0.6 is 0 Å². The Morgan fingerprint density at radius 3 is 2.74 bits per heavy atom. The van der Waals surface area contributed by atoms with E-state index in [0.29, 0.717) is 0 Å². The number of rotatable bonds is 10. The summed E-state index contributed by atoms with van der Waals surface area (Å²) in [6.07, 6.45) is 18.2. The number of hydrogen-bond donors (Lipinski definition) is 1. The van der Waals surface area contributed by atoms with Gasteiger partial charge in [-0.15, -0.1) is 0 Å². The van der Waals surface area contributed by atoms with Crippen molar-refractivity contribution in [1.29, 1.82) is 0 Å². The Hall–Kier alpha value is -3.53. The van der Waals surface area contributed by atoms with Gasteiger partial charge in [-0.1, -0.05) is 61.2 Å². The first-order chi connectivity index (χ1) is 15.1. The van der Waals surface area contributed by atoms with Crippen LogP contribution in [0, 0.1) is 6.92 Å². The summed E-state index contributed by atoms with van der Waals surface area (Å²) in [5, 5.41) is 7.97. The minimum Gasteiger partial charge on any atom is -0.385 e. The van der Waals surface area contributed by atoms with Gasteiger partial charge in [-0.3, -0.25) is 0 Å². The highest BCUT2D eigenvalue weighted by atomic mass is 15.3. The molecule has 1 aromatic carbocycles. The third kappa shape index (κ3) is 5.98. The van der Waals surface area contributed by atoms with Crippen molar-refractivity contribution >= 4 is 11.3 Å². The number of nitrogens with one attached hydrogen (secondary N) is 1. The average molecular weight is 413 g/mol. The van der Waals surface area contributed by atoms with Crippen molar-refractivity contribution in [3.63, 3.8) is 0 Å². The molecular formula is C27H32N4. The Kier molecular flexibility index (Phi) is 7.88. The maximum Gasteiger partial charge on any atom is 0.0687 e. The largest absolute Gasteiger partial charge is 0.385 e. The van der Waals surface area contributed by atoms with Gasteiger partial charge in [0.15, 0.2) is 0 Å². The van der Waals surface area contributed by atoms with Gasteiger partial charge in [-0.05, 0) is 62.4 Å². The van der Waals surface area contributed by atoms with Gasteiger partial charge < -0.3 is 10.2 Å². The Balaban J connectivity index is 1.76. The topological polar surface area (TPSA) is 33.1 Å². The van der Waals surface area contributed by atoms with Crippen LogP contribution in [0.3, 0.4) is 0 Å². The van der Waals surface area contributed by atoms with Crippen LogP contribution in [-0.2, 0) is 0 Å². The summed E-state index contributed by atoms with van der Waals surface area (Å²) in [5.74, 6) is 0. The lowest BCUT2D eigenvalue weighted by atomic mass is 9.99. The van der Waals surface area contributed by atoms with Gasteiger partial charge in [0.05, 0.1) is 5.70 Å². The van der Waals surface area contributed by atoms with Crippen molar-refractivity contribution in [3.8, 4) is 0 Å². The van der Waals surface area contributed by atoms with Crippen molar-refractivity contribution in [2.75, 3.05) is 13.1 Å². The fourth-order valence-electron chi connectivity index (χ4n) is 3.52. The van der Waals surface area contributed by atoms with Crippen LogP contribution in [0.25, 0.3) is 11.3 Å². The Labute approximate surface area is 186 Å². The first kappa shape index (κ1) is 22.2. The Bertz CT molecular complexity index is 1000. The van der Waals surface area contributed by atoms with E-state index in [1.165, 1.54) is 11.1 Å². The SMILES string of the molecule is C=CN(/C=C\C)CCCNC(=C)C1=CCC=C(n2cccn2)C(c2ccc(C)cc2)=C1. The summed E-state index contributed by atoms with van der Waals surface area (Å²) in [7, 11) is 0. The molecule has 0 saturated heterocycles. The first-order valence-corrected chi connectivity index (χ1v) is 10.8. The number of benzene rings is 1. The minimum atomic E-state index is 0.822. The molecule has 0 unspecified atom stereocenters. The molecule has 1 aliphatic carbocycles. The van der Waals surface area contributed by atoms with E-state index in [9.17, 15) is 0 Å². The van der Waals surface area contributed by atoms with Crippen LogP contribution in [0.15, 0.2) is 104 Å². The zero-order valence-corrected chi connectivity index (χ0v) is 18.6. The van der Waals surface area contributed by atoms with Gasteiger partial charge in [0.1, 0.15) is 0 Å². The van der Waals surface area contributed by atoms with E-state index in [-0.39, 0.29) is 0 Å². The fraction of sp³-hybridized carbons (Fsp3) is 0.222. The van der Waals surface area contributed by atoms with Gasteiger partial charge in [-0.2, -0.15) is 5.10 Å². The molecule has 1 N–H and O–H groups in total. The molecule has 0 atom stereocenters. The van der Waals surface area contributed by atoms with Crippen molar-refractivity contribution in [1.82, 2.24) is 20.0 Å². The summed E-state index contributed by atoms with van der Waals surface area (Å²) in [6, 6.07) is 10.6. The molecular weight excluding hydrogens is 380 g/mol. The van der Waals surface area contributed by atoms with Crippen molar-refractivity contribution in [2.45, 2.75) is 26.7 Å². The number of aromatic nitrogens is 2. The van der Waals surface area contributed by atoms with Crippen LogP contribution in [0.1, 0.15) is 30.9 Å². The molecule has 0 spiro atoms. The van der Waals surface area contributed by atoms with Gasteiger partial charge in [0, 0.05) is 36.8 Å².